The van der Waals surface area contributed by atoms with Gasteiger partial charge < -0.3 is 0 Å². The highest BCUT2D eigenvalue weighted by atomic mass is 35.5. The summed E-state index contributed by atoms with van der Waals surface area (Å²) < 4.78 is 0.307. The van der Waals surface area contributed by atoms with Crippen LogP contribution in [-0.4, -0.2) is 16.0 Å². The number of nitrogens with one attached hydrogen (secondary N) is 1. The molecule has 0 aliphatic carbocycles. The third-order valence-corrected chi connectivity index (χ3v) is 3.87. The molecule has 0 atom stereocenters. The summed E-state index contributed by atoms with van der Waals surface area (Å²) in [6, 6.07) is 4.39. The van der Waals surface area contributed by atoms with Gasteiger partial charge in [0.05, 0.1) is 9.95 Å². The summed E-state index contributed by atoms with van der Waals surface area (Å²) in [5.41, 5.74) is 1.33. The molecule has 2 rings (SSSR count). The van der Waals surface area contributed by atoms with Gasteiger partial charge in [0.2, 0.25) is 0 Å². The molecular weight excluding hydrogens is 268 g/mol. The van der Waals surface area contributed by atoms with Crippen molar-refractivity contribution in [3.05, 3.63) is 38.2 Å². The van der Waals surface area contributed by atoms with Crippen LogP contribution >= 0.6 is 22.9 Å². The van der Waals surface area contributed by atoms with E-state index in [0.29, 0.717) is 10.1 Å². The molecule has 0 fully saturated rings. The minimum atomic E-state index is -0.787. The average Bonchev–Trinajstić information content (AvgIpc) is 2.66. The van der Waals surface area contributed by atoms with Gasteiger partial charge in [-0.15, -0.1) is 11.3 Å². The number of nitro benzene ring substituents is 1. The summed E-state index contributed by atoms with van der Waals surface area (Å²) in [6.07, 6.45) is 0. The van der Waals surface area contributed by atoms with E-state index in [0.717, 1.165) is 11.3 Å². The molecular formula is C9H5ClN2O4S. The van der Waals surface area contributed by atoms with Crippen molar-refractivity contribution in [1.82, 2.24) is 5.48 Å². The first kappa shape index (κ1) is 11.8. The first-order valence-corrected chi connectivity index (χ1v) is 5.55. The van der Waals surface area contributed by atoms with E-state index in [1.54, 1.807) is 6.07 Å². The summed E-state index contributed by atoms with van der Waals surface area (Å²) in [5.74, 6) is -0.787. The first-order chi connectivity index (χ1) is 8.06. The maximum absolute atomic E-state index is 11.3. The van der Waals surface area contributed by atoms with Crippen LogP contribution in [0.4, 0.5) is 5.69 Å². The number of hydroxylamine groups is 1. The van der Waals surface area contributed by atoms with Crippen molar-refractivity contribution in [2.24, 2.45) is 0 Å². The second-order valence-corrected chi connectivity index (χ2v) is 4.50. The molecule has 1 aromatic heterocycles. The number of benzene rings is 1. The number of halogens is 1. The van der Waals surface area contributed by atoms with Gasteiger partial charge in [0, 0.05) is 11.5 Å². The van der Waals surface area contributed by atoms with E-state index < -0.39 is 10.8 Å². The summed E-state index contributed by atoms with van der Waals surface area (Å²) in [6.45, 7) is 0. The lowest BCUT2D eigenvalue weighted by Gasteiger charge is -1.93. The molecule has 0 radical (unpaired) electrons. The predicted octanol–water partition coefficient (Wildman–Crippen LogP) is 2.58. The standard InChI is InChI=1S/C9H5ClN2O4S/c10-6-4-2-1-3-5(12(15)16)7(4)17-8(6)9(13)11-14/h1-3,14H,(H,11,13). The number of hydrogen-bond acceptors (Lipinski definition) is 5. The Balaban J connectivity index is 2.77. The molecule has 8 heteroatoms. The topological polar surface area (TPSA) is 92.5 Å². The molecule has 1 heterocycles. The number of thiophene rings is 1. The van der Waals surface area contributed by atoms with Gasteiger partial charge >= 0.3 is 0 Å². The van der Waals surface area contributed by atoms with E-state index in [4.69, 9.17) is 16.8 Å². The number of amides is 1. The second kappa shape index (κ2) is 4.28. The van der Waals surface area contributed by atoms with Crippen LogP contribution in [0.5, 0.6) is 0 Å². The fraction of sp³-hybridized carbons (Fsp3) is 0. The molecule has 2 aromatic rings. The number of nitro groups is 1. The molecule has 0 unspecified atom stereocenters. The van der Waals surface area contributed by atoms with Crippen LogP contribution in [0.2, 0.25) is 5.02 Å². The Morgan fingerprint density at radius 2 is 2.24 bits per heavy atom. The van der Waals surface area contributed by atoms with Crippen molar-refractivity contribution < 1.29 is 14.9 Å². The van der Waals surface area contributed by atoms with Gasteiger partial charge in [-0.3, -0.25) is 20.1 Å². The zero-order valence-corrected chi connectivity index (χ0v) is 9.71. The first-order valence-electron chi connectivity index (χ1n) is 4.36. The van der Waals surface area contributed by atoms with Gasteiger partial charge in [-0.1, -0.05) is 23.7 Å². The van der Waals surface area contributed by atoms with E-state index in [-0.39, 0.29) is 15.6 Å². The van der Waals surface area contributed by atoms with Crippen LogP contribution in [0, 0.1) is 10.1 Å². The molecule has 1 amide bonds. The number of carbonyl (C=O) groups is 1. The third kappa shape index (κ3) is 1.84. The SMILES string of the molecule is O=C(NO)c1sc2c([N+](=O)[O-])cccc2c1Cl. The number of rotatable bonds is 2. The van der Waals surface area contributed by atoms with Gasteiger partial charge in [0.25, 0.3) is 11.6 Å². The zero-order valence-electron chi connectivity index (χ0n) is 8.14. The monoisotopic (exact) mass is 272 g/mol. The Labute approximate surface area is 104 Å². The number of non-ortho nitro benzene ring substituents is 1. The molecule has 0 aliphatic rings. The summed E-state index contributed by atoms with van der Waals surface area (Å²) in [4.78, 5) is 21.6. The fourth-order valence-corrected chi connectivity index (χ4v) is 2.90. The normalized spacial score (nSPS) is 10.5. The van der Waals surface area contributed by atoms with Gasteiger partial charge in [0.15, 0.2) is 0 Å². The molecule has 0 bridgehead atoms. The smallest absolute Gasteiger partial charge is 0.287 e. The van der Waals surface area contributed by atoms with Gasteiger partial charge in [0.1, 0.15) is 9.58 Å². The van der Waals surface area contributed by atoms with Crippen molar-refractivity contribution in [2.45, 2.75) is 0 Å². The Bertz CT molecular complexity index is 625. The van der Waals surface area contributed by atoms with Crippen LogP contribution in [0.25, 0.3) is 10.1 Å². The zero-order chi connectivity index (χ0) is 12.6. The largest absolute Gasteiger partial charge is 0.288 e. The Morgan fingerprint density at radius 1 is 1.53 bits per heavy atom. The number of fused-ring (bicyclic) bond motifs is 1. The average molecular weight is 273 g/mol. The van der Waals surface area contributed by atoms with Crippen LogP contribution in [-0.2, 0) is 0 Å². The van der Waals surface area contributed by atoms with E-state index >= 15 is 0 Å². The molecule has 2 N–H and O–H groups in total. The minimum absolute atomic E-state index is 0.0402. The highest BCUT2D eigenvalue weighted by Gasteiger charge is 2.22. The lowest BCUT2D eigenvalue weighted by atomic mass is 10.2. The Morgan fingerprint density at radius 3 is 2.82 bits per heavy atom. The number of hydrogen-bond donors (Lipinski definition) is 2. The van der Waals surface area contributed by atoms with Gasteiger partial charge in [-0.05, 0) is 0 Å². The highest BCUT2D eigenvalue weighted by molar-refractivity contribution is 7.22. The summed E-state index contributed by atoms with van der Waals surface area (Å²) in [5, 5.41) is 19.8. The molecule has 6 nitrogen and oxygen atoms in total. The van der Waals surface area contributed by atoms with Crippen LogP contribution in [0.1, 0.15) is 9.67 Å². The lowest BCUT2D eigenvalue weighted by Crippen LogP contribution is -2.17. The molecule has 17 heavy (non-hydrogen) atoms. The van der Waals surface area contributed by atoms with E-state index in [2.05, 4.69) is 0 Å². The van der Waals surface area contributed by atoms with E-state index in [1.807, 2.05) is 0 Å². The maximum Gasteiger partial charge on any atom is 0.287 e. The summed E-state index contributed by atoms with van der Waals surface area (Å²) >= 11 is 6.79. The fourth-order valence-electron chi connectivity index (χ4n) is 1.41. The Kier molecular flexibility index (Phi) is 2.97. The third-order valence-electron chi connectivity index (χ3n) is 2.14. The predicted molar refractivity (Wildman–Crippen MR) is 62.7 cm³/mol. The summed E-state index contributed by atoms with van der Waals surface area (Å²) in [7, 11) is 0. The highest BCUT2D eigenvalue weighted by Crippen LogP contribution is 2.39. The van der Waals surface area contributed by atoms with E-state index in [1.165, 1.54) is 17.6 Å². The molecule has 0 spiro atoms. The molecule has 0 aliphatic heterocycles. The molecule has 0 saturated carbocycles. The second-order valence-electron chi connectivity index (χ2n) is 3.10. The van der Waals surface area contributed by atoms with Crippen molar-refractivity contribution in [1.29, 1.82) is 0 Å². The number of carbonyl (C=O) groups excluding carboxylic acids is 1. The molecule has 1 aromatic carbocycles. The lowest BCUT2D eigenvalue weighted by molar-refractivity contribution is -0.382. The van der Waals surface area contributed by atoms with Crippen LogP contribution < -0.4 is 5.48 Å². The van der Waals surface area contributed by atoms with Crippen LogP contribution in [0.15, 0.2) is 18.2 Å². The van der Waals surface area contributed by atoms with Crippen molar-refractivity contribution in [2.75, 3.05) is 0 Å². The molecule has 88 valence electrons. The Hall–Kier alpha value is -1.70. The van der Waals surface area contributed by atoms with Crippen molar-refractivity contribution in [3.63, 3.8) is 0 Å². The number of nitrogens with zero attached hydrogens (tertiary/aromatic N) is 1. The van der Waals surface area contributed by atoms with Crippen LogP contribution in [0.3, 0.4) is 0 Å². The van der Waals surface area contributed by atoms with Crippen molar-refractivity contribution in [3.8, 4) is 0 Å². The molecule has 0 saturated heterocycles. The van der Waals surface area contributed by atoms with E-state index in [9.17, 15) is 14.9 Å². The van der Waals surface area contributed by atoms with Gasteiger partial charge in [-0.25, -0.2) is 5.48 Å². The maximum atomic E-state index is 11.3. The quantitative estimate of drug-likeness (QED) is 0.499. The van der Waals surface area contributed by atoms with Gasteiger partial charge in [-0.2, -0.15) is 0 Å². The van der Waals surface area contributed by atoms with Crippen molar-refractivity contribution >= 4 is 44.6 Å². The minimum Gasteiger partial charge on any atom is -0.288 e.